The molecule has 0 amide bonds. The molecule has 0 radical (unpaired) electrons. The van der Waals surface area contributed by atoms with Gasteiger partial charge in [0.05, 0.1) is 16.1 Å². The van der Waals surface area contributed by atoms with E-state index in [4.69, 9.17) is 0 Å². The first-order valence-electron chi connectivity index (χ1n) is 10.0. The van der Waals surface area contributed by atoms with Crippen LogP contribution in [0.5, 0.6) is 0 Å². The second-order valence-electron chi connectivity index (χ2n) is 7.12. The van der Waals surface area contributed by atoms with Crippen LogP contribution in [0.1, 0.15) is 18.4 Å². The standard InChI is InChI=1S/C20H19N9O4/c30-28(31)16-7-3-14(4-8-16)13-21-26-19-23-18(24-20(25-19)27-11-1-2-12-27)22-15-5-9-17(10-6-15)29(32)33/h3-10,13H,1-2,11-12H2,(H2,22,23,24,25,26). The first-order valence-corrected chi connectivity index (χ1v) is 10.0. The van der Waals surface area contributed by atoms with E-state index in [9.17, 15) is 20.2 Å². The third-order valence-electron chi connectivity index (χ3n) is 4.83. The summed E-state index contributed by atoms with van der Waals surface area (Å²) in [6.07, 6.45) is 3.57. The number of anilines is 4. The molecule has 2 heterocycles. The van der Waals surface area contributed by atoms with Crippen molar-refractivity contribution in [1.29, 1.82) is 0 Å². The number of nitro benzene ring substituents is 2. The molecule has 33 heavy (non-hydrogen) atoms. The SMILES string of the molecule is O=[N+]([O-])c1ccc(C=NNc2nc(Nc3ccc([N+](=O)[O-])cc3)nc(N3CCCC3)n2)cc1. The Labute approximate surface area is 187 Å². The number of hydrazone groups is 1. The average Bonchev–Trinajstić information content (AvgIpc) is 3.35. The lowest BCUT2D eigenvalue weighted by molar-refractivity contribution is -0.385. The van der Waals surface area contributed by atoms with Gasteiger partial charge in [-0.2, -0.15) is 20.1 Å². The predicted molar refractivity (Wildman–Crippen MR) is 122 cm³/mol. The number of hydrogen-bond acceptors (Lipinski definition) is 11. The molecule has 1 fully saturated rings. The number of nitrogens with one attached hydrogen (secondary N) is 2. The van der Waals surface area contributed by atoms with Crippen molar-refractivity contribution in [2.24, 2.45) is 5.10 Å². The summed E-state index contributed by atoms with van der Waals surface area (Å²) in [6.45, 7) is 1.65. The highest BCUT2D eigenvalue weighted by Crippen LogP contribution is 2.22. The molecule has 3 aromatic rings. The van der Waals surface area contributed by atoms with Crippen LogP contribution in [0.2, 0.25) is 0 Å². The van der Waals surface area contributed by atoms with Gasteiger partial charge in [0.1, 0.15) is 0 Å². The fraction of sp³-hybridized carbons (Fsp3) is 0.200. The maximum atomic E-state index is 10.9. The molecule has 13 nitrogen and oxygen atoms in total. The molecule has 1 saturated heterocycles. The molecule has 0 aliphatic carbocycles. The number of aromatic nitrogens is 3. The number of rotatable bonds is 8. The van der Waals surface area contributed by atoms with Crippen LogP contribution in [0.15, 0.2) is 53.6 Å². The van der Waals surface area contributed by atoms with E-state index in [1.165, 1.54) is 30.5 Å². The Hall–Kier alpha value is -4.68. The van der Waals surface area contributed by atoms with Gasteiger partial charge in [-0.3, -0.25) is 20.2 Å². The van der Waals surface area contributed by atoms with Gasteiger partial charge in [-0.1, -0.05) is 0 Å². The van der Waals surface area contributed by atoms with Crippen LogP contribution in [0.4, 0.5) is 34.9 Å². The first kappa shape index (κ1) is 21.5. The van der Waals surface area contributed by atoms with Gasteiger partial charge in [-0.05, 0) is 42.7 Å². The highest BCUT2D eigenvalue weighted by atomic mass is 16.6. The van der Waals surface area contributed by atoms with Gasteiger partial charge in [0.25, 0.3) is 11.4 Å². The van der Waals surface area contributed by atoms with E-state index in [0.29, 0.717) is 17.2 Å². The van der Waals surface area contributed by atoms with Crippen molar-refractivity contribution in [3.05, 3.63) is 74.3 Å². The lowest BCUT2D eigenvalue weighted by Crippen LogP contribution is -2.21. The quantitative estimate of drug-likeness (QED) is 0.295. The minimum Gasteiger partial charge on any atom is -0.341 e. The van der Waals surface area contributed by atoms with E-state index < -0.39 is 9.85 Å². The summed E-state index contributed by atoms with van der Waals surface area (Å²) in [4.78, 5) is 35.9. The Kier molecular flexibility index (Phi) is 6.29. The van der Waals surface area contributed by atoms with Crippen molar-refractivity contribution in [2.45, 2.75) is 12.8 Å². The largest absolute Gasteiger partial charge is 0.341 e. The van der Waals surface area contributed by atoms with Gasteiger partial charge in [0, 0.05) is 43.0 Å². The van der Waals surface area contributed by atoms with Crippen LogP contribution in [-0.2, 0) is 0 Å². The first-order chi connectivity index (χ1) is 16.0. The van der Waals surface area contributed by atoms with E-state index in [1.54, 1.807) is 24.3 Å². The summed E-state index contributed by atoms with van der Waals surface area (Å²) in [6, 6.07) is 11.8. The van der Waals surface area contributed by atoms with Crippen molar-refractivity contribution < 1.29 is 9.85 Å². The van der Waals surface area contributed by atoms with Gasteiger partial charge >= 0.3 is 0 Å². The lowest BCUT2D eigenvalue weighted by Gasteiger charge is -2.16. The molecule has 4 rings (SSSR count). The van der Waals surface area contributed by atoms with Gasteiger partial charge in [-0.25, -0.2) is 5.43 Å². The van der Waals surface area contributed by atoms with Gasteiger partial charge in [-0.15, -0.1) is 0 Å². The van der Waals surface area contributed by atoms with Crippen LogP contribution in [0, 0.1) is 20.2 Å². The lowest BCUT2D eigenvalue weighted by atomic mass is 10.2. The Balaban J connectivity index is 1.53. The van der Waals surface area contributed by atoms with Crippen LogP contribution in [0.3, 0.4) is 0 Å². The predicted octanol–water partition coefficient (Wildman–Crippen LogP) is 3.48. The Morgan fingerprint density at radius 1 is 0.848 bits per heavy atom. The molecular weight excluding hydrogens is 430 g/mol. The van der Waals surface area contributed by atoms with Crippen molar-refractivity contribution >= 4 is 41.1 Å². The third-order valence-corrected chi connectivity index (χ3v) is 4.83. The molecule has 1 aliphatic rings. The second-order valence-corrected chi connectivity index (χ2v) is 7.12. The maximum Gasteiger partial charge on any atom is 0.269 e. The number of hydrogen-bond donors (Lipinski definition) is 2. The summed E-state index contributed by atoms with van der Waals surface area (Å²) in [5.41, 5.74) is 3.98. The molecule has 1 aromatic heterocycles. The Bertz CT molecular complexity index is 1180. The fourth-order valence-electron chi connectivity index (χ4n) is 3.17. The van der Waals surface area contributed by atoms with Gasteiger partial charge in [0.2, 0.25) is 17.8 Å². The molecule has 2 N–H and O–H groups in total. The highest BCUT2D eigenvalue weighted by molar-refractivity contribution is 5.80. The molecule has 0 atom stereocenters. The van der Waals surface area contributed by atoms with E-state index in [1.807, 2.05) is 4.90 Å². The summed E-state index contributed by atoms with van der Waals surface area (Å²) >= 11 is 0. The molecule has 0 unspecified atom stereocenters. The molecule has 0 saturated carbocycles. The normalized spacial score (nSPS) is 13.3. The highest BCUT2D eigenvalue weighted by Gasteiger charge is 2.17. The fourth-order valence-corrected chi connectivity index (χ4v) is 3.17. The van der Waals surface area contributed by atoms with Crippen molar-refractivity contribution in [1.82, 2.24) is 15.0 Å². The number of nitro groups is 2. The summed E-state index contributed by atoms with van der Waals surface area (Å²) < 4.78 is 0. The Morgan fingerprint density at radius 2 is 1.42 bits per heavy atom. The van der Waals surface area contributed by atoms with Crippen molar-refractivity contribution in [3.63, 3.8) is 0 Å². The molecule has 1 aliphatic heterocycles. The summed E-state index contributed by atoms with van der Waals surface area (Å²) in [5.74, 6) is 0.947. The van der Waals surface area contributed by atoms with E-state index >= 15 is 0 Å². The zero-order valence-electron chi connectivity index (χ0n) is 17.3. The minimum absolute atomic E-state index is 0.00482. The van der Waals surface area contributed by atoms with E-state index in [2.05, 4.69) is 30.8 Å². The van der Waals surface area contributed by atoms with Crippen LogP contribution >= 0.6 is 0 Å². The van der Waals surface area contributed by atoms with Crippen LogP contribution in [0.25, 0.3) is 0 Å². The molecule has 0 spiro atoms. The summed E-state index contributed by atoms with van der Waals surface area (Å²) in [7, 11) is 0. The molecular formula is C20H19N9O4. The maximum absolute atomic E-state index is 10.9. The molecule has 13 heteroatoms. The molecule has 2 aromatic carbocycles. The van der Waals surface area contributed by atoms with Crippen molar-refractivity contribution in [3.8, 4) is 0 Å². The van der Waals surface area contributed by atoms with E-state index in [0.717, 1.165) is 25.9 Å². The summed E-state index contributed by atoms with van der Waals surface area (Å²) in [5, 5.41) is 28.8. The molecule has 168 valence electrons. The van der Waals surface area contributed by atoms with Crippen molar-refractivity contribution in [2.75, 3.05) is 28.7 Å². The van der Waals surface area contributed by atoms with Crippen LogP contribution < -0.4 is 15.6 Å². The smallest absolute Gasteiger partial charge is 0.269 e. The second kappa shape index (κ2) is 9.64. The third kappa shape index (κ3) is 5.52. The monoisotopic (exact) mass is 449 g/mol. The Morgan fingerprint density at radius 3 is 2.03 bits per heavy atom. The van der Waals surface area contributed by atoms with Gasteiger partial charge in [0.15, 0.2) is 0 Å². The minimum atomic E-state index is -0.469. The number of non-ortho nitro benzene ring substituents is 2. The van der Waals surface area contributed by atoms with E-state index in [-0.39, 0.29) is 23.3 Å². The number of nitrogens with zero attached hydrogens (tertiary/aromatic N) is 7. The topological polar surface area (TPSA) is 165 Å². The number of benzene rings is 2. The van der Waals surface area contributed by atoms with Crippen LogP contribution in [-0.4, -0.2) is 44.1 Å². The average molecular weight is 449 g/mol. The molecule has 0 bridgehead atoms. The zero-order valence-corrected chi connectivity index (χ0v) is 17.3. The zero-order chi connectivity index (χ0) is 23.2. The van der Waals surface area contributed by atoms with Gasteiger partial charge < -0.3 is 10.2 Å².